The van der Waals surface area contributed by atoms with Gasteiger partial charge in [-0.15, -0.1) is 0 Å². The van der Waals surface area contributed by atoms with Gasteiger partial charge in [0.2, 0.25) is 0 Å². The molecule has 0 spiro atoms. The number of hydrogen-bond acceptors (Lipinski definition) is 2. The molecule has 0 unspecified atom stereocenters. The number of aliphatic hydroxyl groups is 1. The van der Waals surface area contributed by atoms with Crippen molar-refractivity contribution in [3.63, 3.8) is 0 Å². The van der Waals surface area contributed by atoms with Crippen LogP contribution in [-0.4, -0.2) is 29.5 Å². The zero-order valence-corrected chi connectivity index (χ0v) is 16.2. The highest BCUT2D eigenvalue weighted by atomic mass is 19.1. The van der Waals surface area contributed by atoms with E-state index in [2.05, 4.69) is 19.2 Å². The molecule has 1 atom stereocenters. The van der Waals surface area contributed by atoms with Crippen molar-refractivity contribution in [3.05, 3.63) is 0 Å². The molecular weight excluding hydrogens is 289 g/mol. The van der Waals surface area contributed by atoms with E-state index >= 15 is 0 Å². The maximum absolute atomic E-state index is 13.9. The summed E-state index contributed by atoms with van der Waals surface area (Å²) < 4.78 is 13.9. The van der Waals surface area contributed by atoms with Crippen molar-refractivity contribution in [2.45, 2.75) is 123 Å². The lowest BCUT2D eigenvalue weighted by atomic mass is 9.99. The van der Waals surface area contributed by atoms with E-state index in [1.54, 1.807) is 13.8 Å². The van der Waals surface area contributed by atoms with Crippen molar-refractivity contribution >= 4 is 0 Å². The van der Waals surface area contributed by atoms with Gasteiger partial charge in [-0.3, -0.25) is 0 Å². The second-order valence-corrected chi connectivity index (χ2v) is 7.63. The fourth-order valence-electron chi connectivity index (χ4n) is 2.86. The number of alkyl halides is 1. The average Bonchev–Trinajstić information content (AvgIpc) is 2.50. The van der Waals surface area contributed by atoms with Crippen LogP contribution in [0.4, 0.5) is 4.39 Å². The molecule has 2 nitrogen and oxygen atoms in total. The quantitative estimate of drug-likeness (QED) is 0.352. The van der Waals surface area contributed by atoms with E-state index in [0.29, 0.717) is 6.04 Å². The monoisotopic (exact) mass is 331 g/mol. The number of nitrogens with one attached hydrogen (secondary N) is 1. The highest BCUT2D eigenvalue weighted by Gasteiger charge is 2.26. The van der Waals surface area contributed by atoms with Gasteiger partial charge in [0.15, 0.2) is 0 Å². The first-order chi connectivity index (χ1) is 10.9. The summed E-state index contributed by atoms with van der Waals surface area (Å²) in [6.45, 7) is 7.82. The van der Waals surface area contributed by atoms with Crippen molar-refractivity contribution in [3.8, 4) is 0 Å². The molecule has 2 N–H and O–H groups in total. The van der Waals surface area contributed by atoms with Gasteiger partial charge in [0, 0.05) is 12.6 Å². The standard InChI is InChI=1S/C20H42FNO/c1-5-7-9-11-13-15-18(16-14-12-10-8-6-2)22-17-19(21)20(3,4)23/h18-19,22-23H,5-17H2,1-4H3/t19-/m1/s1. The Morgan fingerprint density at radius 3 is 1.65 bits per heavy atom. The minimum absolute atomic E-state index is 0.262. The molecule has 0 bridgehead atoms. The largest absolute Gasteiger partial charge is 0.387 e. The fourth-order valence-corrected chi connectivity index (χ4v) is 2.86. The maximum Gasteiger partial charge on any atom is 0.140 e. The van der Waals surface area contributed by atoms with Gasteiger partial charge < -0.3 is 10.4 Å². The molecule has 0 aliphatic heterocycles. The van der Waals surface area contributed by atoms with Crippen LogP contribution < -0.4 is 5.32 Å². The van der Waals surface area contributed by atoms with Gasteiger partial charge in [0.25, 0.3) is 0 Å². The number of halogens is 1. The minimum Gasteiger partial charge on any atom is -0.387 e. The Bertz CT molecular complexity index is 239. The smallest absolute Gasteiger partial charge is 0.140 e. The van der Waals surface area contributed by atoms with Crippen LogP contribution in [0.2, 0.25) is 0 Å². The average molecular weight is 332 g/mol. The van der Waals surface area contributed by atoms with Gasteiger partial charge >= 0.3 is 0 Å². The van der Waals surface area contributed by atoms with Crippen LogP contribution in [0.15, 0.2) is 0 Å². The Morgan fingerprint density at radius 1 is 0.826 bits per heavy atom. The maximum atomic E-state index is 13.9. The van der Waals surface area contributed by atoms with Crippen LogP contribution in [0.25, 0.3) is 0 Å². The first-order valence-electron chi connectivity index (χ1n) is 10.0. The lowest BCUT2D eigenvalue weighted by molar-refractivity contribution is -0.00357. The number of rotatable bonds is 16. The normalized spacial score (nSPS) is 13.7. The minimum atomic E-state index is -1.25. The van der Waals surface area contributed by atoms with Crippen LogP contribution in [0, 0.1) is 0 Å². The van der Waals surface area contributed by atoms with Gasteiger partial charge in [0.05, 0.1) is 5.60 Å². The van der Waals surface area contributed by atoms with Crippen molar-refractivity contribution in [2.24, 2.45) is 0 Å². The number of hydrogen-bond donors (Lipinski definition) is 2. The van der Waals surface area contributed by atoms with Gasteiger partial charge in [-0.1, -0.05) is 78.1 Å². The van der Waals surface area contributed by atoms with Crippen LogP contribution in [0.5, 0.6) is 0 Å². The van der Waals surface area contributed by atoms with E-state index < -0.39 is 11.8 Å². The summed E-state index contributed by atoms with van der Waals surface area (Å²) >= 11 is 0. The second-order valence-electron chi connectivity index (χ2n) is 7.63. The summed E-state index contributed by atoms with van der Waals surface area (Å²) in [6, 6.07) is 0.402. The predicted molar refractivity (Wildman–Crippen MR) is 99.7 cm³/mol. The van der Waals surface area contributed by atoms with E-state index in [1.165, 1.54) is 64.2 Å². The Balaban J connectivity index is 4.05. The summed E-state index contributed by atoms with van der Waals surface area (Å²) in [5.41, 5.74) is -1.25. The Labute approximate surface area is 144 Å². The molecule has 0 aromatic heterocycles. The summed E-state index contributed by atoms with van der Waals surface area (Å²) in [4.78, 5) is 0. The summed E-state index contributed by atoms with van der Waals surface area (Å²) in [6.07, 6.45) is 13.9. The van der Waals surface area contributed by atoms with Gasteiger partial charge in [-0.25, -0.2) is 4.39 Å². The molecule has 0 radical (unpaired) electrons. The van der Waals surface area contributed by atoms with Crippen LogP contribution in [0.1, 0.15) is 105 Å². The fraction of sp³-hybridized carbons (Fsp3) is 1.00. The third-order valence-electron chi connectivity index (χ3n) is 4.66. The summed E-state index contributed by atoms with van der Waals surface area (Å²) in [5, 5.41) is 13.1. The topological polar surface area (TPSA) is 32.3 Å². The van der Waals surface area contributed by atoms with E-state index in [4.69, 9.17) is 0 Å². The Hall–Kier alpha value is -0.150. The molecule has 0 aromatic rings. The molecule has 0 saturated heterocycles. The highest BCUT2D eigenvalue weighted by Crippen LogP contribution is 2.16. The zero-order valence-electron chi connectivity index (χ0n) is 16.2. The predicted octanol–water partition coefficient (Wildman–Crippen LogP) is 5.77. The first kappa shape index (κ1) is 22.9. The molecule has 0 fully saturated rings. The van der Waals surface area contributed by atoms with E-state index in [-0.39, 0.29) is 6.54 Å². The van der Waals surface area contributed by atoms with Crippen molar-refractivity contribution in [1.29, 1.82) is 0 Å². The van der Waals surface area contributed by atoms with Crippen molar-refractivity contribution in [1.82, 2.24) is 5.32 Å². The van der Waals surface area contributed by atoms with Crippen molar-refractivity contribution in [2.75, 3.05) is 6.54 Å². The lowest BCUT2D eigenvalue weighted by Crippen LogP contribution is -2.43. The van der Waals surface area contributed by atoms with Crippen LogP contribution in [-0.2, 0) is 0 Å². The molecule has 0 aliphatic rings. The molecule has 140 valence electrons. The molecule has 0 saturated carbocycles. The van der Waals surface area contributed by atoms with E-state index in [9.17, 15) is 9.50 Å². The summed E-state index contributed by atoms with van der Waals surface area (Å²) in [7, 11) is 0. The Kier molecular flexibility index (Phi) is 14.1. The van der Waals surface area contributed by atoms with Gasteiger partial charge in [-0.2, -0.15) is 0 Å². The van der Waals surface area contributed by atoms with Crippen LogP contribution in [0.3, 0.4) is 0 Å². The molecule has 0 amide bonds. The third kappa shape index (κ3) is 13.9. The lowest BCUT2D eigenvalue weighted by Gasteiger charge is -2.26. The second kappa shape index (κ2) is 14.2. The van der Waals surface area contributed by atoms with Crippen LogP contribution >= 0.6 is 0 Å². The van der Waals surface area contributed by atoms with E-state index in [1.807, 2.05) is 0 Å². The molecule has 0 aliphatic carbocycles. The molecular formula is C20H42FNO. The third-order valence-corrected chi connectivity index (χ3v) is 4.66. The SMILES string of the molecule is CCCCCCCC(CCCCCCC)NC[C@@H](F)C(C)(C)O. The first-order valence-corrected chi connectivity index (χ1v) is 10.0. The van der Waals surface area contributed by atoms with E-state index in [0.717, 1.165) is 12.8 Å². The molecule has 0 rings (SSSR count). The van der Waals surface area contributed by atoms with Crippen molar-refractivity contribution < 1.29 is 9.50 Å². The number of unbranched alkanes of at least 4 members (excludes halogenated alkanes) is 8. The molecule has 0 heterocycles. The Morgan fingerprint density at radius 2 is 1.26 bits per heavy atom. The zero-order chi connectivity index (χ0) is 17.6. The van der Waals surface area contributed by atoms with Gasteiger partial charge in [-0.05, 0) is 26.7 Å². The molecule has 23 heavy (non-hydrogen) atoms. The molecule has 3 heteroatoms. The molecule has 0 aromatic carbocycles. The highest BCUT2D eigenvalue weighted by molar-refractivity contribution is 4.80. The van der Waals surface area contributed by atoms with Gasteiger partial charge in [0.1, 0.15) is 6.17 Å². The summed E-state index contributed by atoms with van der Waals surface area (Å²) in [5.74, 6) is 0.